The summed E-state index contributed by atoms with van der Waals surface area (Å²) in [5.41, 5.74) is 3.02. The largest absolute Gasteiger partial charge is 0.334 e. The molecular weight excluding hydrogens is 479 g/mol. The lowest BCUT2D eigenvalue weighted by atomic mass is 9.94. The lowest BCUT2D eigenvalue weighted by Gasteiger charge is -2.35. The number of nitrogens with one attached hydrogen (secondary N) is 1. The molecule has 33 heavy (non-hydrogen) atoms. The van der Waals surface area contributed by atoms with E-state index in [-0.39, 0.29) is 6.03 Å². The molecule has 5 rings (SSSR count). The lowest BCUT2D eigenvalue weighted by molar-refractivity contribution is 0.203. The van der Waals surface area contributed by atoms with Gasteiger partial charge in [-0.25, -0.2) is 4.79 Å². The first-order valence-electron chi connectivity index (χ1n) is 10.2. The van der Waals surface area contributed by atoms with E-state index in [0.29, 0.717) is 33.9 Å². The zero-order chi connectivity index (χ0) is 22.9. The zero-order valence-corrected chi connectivity index (χ0v) is 19.8. The molecule has 0 fully saturated rings. The van der Waals surface area contributed by atoms with Crippen LogP contribution >= 0.6 is 34.5 Å². The fourth-order valence-electron chi connectivity index (χ4n) is 3.82. The monoisotopic (exact) mass is 496 g/mol. The first-order valence-corrected chi connectivity index (χ1v) is 11.8. The third-order valence-corrected chi connectivity index (χ3v) is 6.74. The second kappa shape index (κ2) is 9.02. The van der Waals surface area contributed by atoms with E-state index in [9.17, 15) is 4.79 Å². The molecular formula is C24H18Cl2N4O2S. The topological polar surface area (TPSA) is 71.3 Å². The van der Waals surface area contributed by atoms with Gasteiger partial charge in [-0.2, -0.15) is 4.98 Å². The number of allylic oxidation sites excluding steroid dienone is 1. The third kappa shape index (κ3) is 4.39. The number of urea groups is 1. The van der Waals surface area contributed by atoms with Crippen LogP contribution in [0.4, 0.5) is 4.79 Å². The number of thiophene rings is 1. The number of nitrogens with zero attached hydrogens (tertiary/aromatic N) is 3. The number of hydrogen-bond acceptors (Lipinski definition) is 5. The molecule has 4 aromatic rings. The summed E-state index contributed by atoms with van der Waals surface area (Å²) in [6.07, 6.45) is 0. The van der Waals surface area contributed by atoms with Crippen LogP contribution in [0.1, 0.15) is 29.3 Å². The van der Waals surface area contributed by atoms with Crippen molar-refractivity contribution in [2.75, 3.05) is 0 Å². The molecule has 2 aromatic heterocycles. The number of aromatic nitrogens is 2. The molecule has 0 bridgehead atoms. The van der Waals surface area contributed by atoms with Crippen LogP contribution in [0.3, 0.4) is 0 Å². The molecule has 0 saturated heterocycles. The molecule has 9 heteroatoms. The fourth-order valence-corrected chi connectivity index (χ4v) is 4.90. The van der Waals surface area contributed by atoms with Crippen LogP contribution in [-0.4, -0.2) is 21.1 Å². The van der Waals surface area contributed by atoms with Gasteiger partial charge in [0.25, 0.3) is 5.89 Å². The van der Waals surface area contributed by atoms with Gasteiger partial charge in [0, 0.05) is 26.2 Å². The van der Waals surface area contributed by atoms with Gasteiger partial charge < -0.3 is 9.84 Å². The predicted molar refractivity (Wildman–Crippen MR) is 130 cm³/mol. The highest BCUT2D eigenvalue weighted by Gasteiger charge is 2.36. The quantitative estimate of drug-likeness (QED) is 0.329. The van der Waals surface area contributed by atoms with Crippen molar-refractivity contribution >= 4 is 46.1 Å². The van der Waals surface area contributed by atoms with E-state index < -0.39 is 6.04 Å². The minimum Gasteiger partial charge on any atom is -0.334 e. The second-order valence-electron chi connectivity index (χ2n) is 7.54. The van der Waals surface area contributed by atoms with Crippen molar-refractivity contribution in [3.05, 3.63) is 98.1 Å². The lowest BCUT2D eigenvalue weighted by Crippen LogP contribution is -2.45. The van der Waals surface area contributed by atoms with Gasteiger partial charge in [0.05, 0.1) is 18.2 Å². The molecule has 1 aliphatic heterocycles. The molecule has 166 valence electrons. The molecule has 6 nitrogen and oxygen atoms in total. The van der Waals surface area contributed by atoms with Crippen LogP contribution in [-0.2, 0) is 6.54 Å². The van der Waals surface area contributed by atoms with E-state index >= 15 is 0 Å². The molecule has 2 aromatic carbocycles. The Bertz CT molecular complexity index is 1350. The summed E-state index contributed by atoms with van der Waals surface area (Å²) in [4.78, 5) is 20.5. The van der Waals surface area contributed by atoms with E-state index in [1.165, 1.54) is 0 Å². The van der Waals surface area contributed by atoms with Crippen molar-refractivity contribution in [1.82, 2.24) is 20.4 Å². The van der Waals surface area contributed by atoms with Gasteiger partial charge in [-0.15, -0.1) is 11.3 Å². The Morgan fingerprint density at radius 2 is 1.88 bits per heavy atom. The maximum atomic E-state index is 13.1. The Hall–Kier alpha value is -3.13. The van der Waals surface area contributed by atoms with Crippen molar-refractivity contribution < 1.29 is 9.32 Å². The molecule has 1 aliphatic rings. The standard InChI is InChI=1S/C24H18Cl2N4O2S/c1-14-20(23-28-22(29-32-23)16-6-3-8-18(26)12-16)21(15-5-2-7-17(25)11-15)27-24(31)30(14)13-19-9-4-10-33-19/h2-12,21H,13H2,1H3,(H,27,31). The highest BCUT2D eigenvalue weighted by Crippen LogP contribution is 2.38. The van der Waals surface area contributed by atoms with Gasteiger partial charge in [0.2, 0.25) is 5.82 Å². The zero-order valence-electron chi connectivity index (χ0n) is 17.5. The number of amides is 2. The van der Waals surface area contributed by atoms with Gasteiger partial charge >= 0.3 is 6.03 Å². The SMILES string of the molecule is CC1=C(c2nc(-c3cccc(Cl)c3)no2)C(c2cccc(Cl)c2)NC(=O)N1Cc1cccs1. The maximum Gasteiger partial charge on any atom is 0.322 e. The minimum absolute atomic E-state index is 0.204. The van der Waals surface area contributed by atoms with Gasteiger partial charge in [0.1, 0.15) is 0 Å². The maximum absolute atomic E-state index is 13.1. The number of hydrogen-bond donors (Lipinski definition) is 1. The Labute approximate surface area is 204 Å². The highest BCUT2D eigenvalue weighted by molar-refractivity contribution is 7.09. The normalized spacial score (nSPS) is 16.3. The van der Waals surface area contributed by atoms with Crippen LogP contribution in [0.5, 0.6) is 0 Å². The number of halogens is 2. The highest BCUT2D eigenvalue weighted by atomic mass is 35.5. The Kier molecular flexibility index (Phi) is 5.93. The van der Waals surface area contributed by atoms with Crippen molar-refractivity contribution in [3.8, 4) is 11.4 Å². The molecule has 3 heterocycles. The number of carbonyl (C=O) groups is 1. The molecule has 0 spiro atoms. The van der Waals surface area contributed by atoms with Gasteiger partial charge in [0.15, 0.2) is 0 Å². The molecule has 0 saturated carbocycles. The van der Waals surface area contributed by atoms with Crippen LogP contribution < -0.4 is 5.32 Å². The summed E-state index contributed by atoms with van der Waals surface area (Å²) in [7, 11) is 0. The van der Waals surface area contributed by atoms with E-state index in [2.05, 4.69) is 15.5 Å². The Morgan fingerprint density at radius 3 is 2.61 bits per heavy atom. The minimum atomic E-state index is -0.497. The fraction of sp³-hybridized carbons (Fsp3) is 0.125. The first kappa shape index (κ1) is 21.7. The average molecular weight is 497 g/mol. The number of benzene rings is 2. The molecule has 1 atom stereocenters. The summed E-state index contributed by atoms with van der Waals surface area (Å²) in [5, 5.41) is 10.4. The summed E-state index contributed by atoms with van der Waals surface area (Å²) in [5.74, 6) is 0.739. The van der Waals surface area contributed by atoms with Crippen molar-refractivity contribution in [2.24, 2.45) is 0 Å². The van der Waals surface area contributed by atoms with Crippen molar-refractivity contribution in [1.29, 1.82) is 0 Å². The van der Waals surface area contributed by atoms with Gasteiger partial charge in [-0.1, -0.05) is 58.7 Å². The molecule has 0 radical (unpaired) electrons. The van der Waals surface area contributed by atoms with Crippen LogP contribution in [0, 0.1) is 0 Å². The van der Waals surface area contributed by atoms with Crippen molar-refractivity contribution in [3.63, 3.8) is 0 Å². The first-order chi connectivity index (χ1) is 16.0. The smallest absolute Gasteiger partial charge is 0.322 e. The molecule has 2 amide bonds. The second-order valence-corrected chi connectivity index (χ2v) is 9.44. The molecule has 1 N–H and O–H groups in total. The summed E-state index contributed by atoms with van der Waals surface area (Å²) < 4.78 is 5.70. The van der Waals surface area contributed by atoms with Crippen molar-refractivity contribution in [2.45, 2.75) is 19.5 Å². The Morgan fingerprint density at radius 1 is 1.09 bits per heavy atom. The van der Waals surface area contributed by atoms with E-state index in [0.717, 1.165) is 21.7 Å². The number of carbonyl (C=O) groups excluding carboxylic acids is 1. The van der Waals surface area contributed by atoms with E-state index in [1.54, 1.807) is 34.4 Å². The third-order valence-electron chi connectivity index (χ3n) is 5.41. The predicted octanol–water partition coefficient (Wildman–Crippen LogP) is 6.80. The summed E-state index contributed by atoms with van der Waals surface area (Å²) in [6.45, 7) is 2.33. The Balaban J connectivity index is 1.61. The van der Waals surface area contributed by atoms with E-state index in [1.807, 2.05) is 54.8 Å². The molecule has 1 unspecified atom stereocenters. The van der Waals surface area contributed by atoms with Gasteiger partial charge in [-0.05, 0) is 48.2 Å². The van der Waals surface area contributed by atoms with E-state index in [4.69, 9.17) is 27.7 Å². The van der Waals surface area contributed by atoms with Crippen LogP contribution in [0.2, 0.25) is 10.0 Å². The average Bonchev–Trinajstić information content (AvgIpc) is 3.49. The number of rotatable bonds is 5. The summed E-state index contributed by atoms with van der Waals surface area (Å²) >= 11 is 14.0. The summed E-state index contributed by atoms with van der Waals surface area (Å²) in [6, 6.07) is 17.9. The molecule has 0 aliphatic carbocycles. The van der Waals surface area contributed by atoms with Crippen LogP contribution in [0.15, 0.2) is 76.3 Å². The van der Waals surface area contributed by atoms with Gasteiger partial charge in [-0.3, -0.25) is 4.90 Å². The van der Waals surface area contributed by atoms with Crippen LogP contribution in [0.25, 0.3) is 17.0 Å².